The van der Waals surface area contributed by atoms with Crippen molar-refractivity contribution < 1.29 is 152 Å². The lowest BCUT2D eigenvalue weighted by atomic mass is 10.1. The highest BCUT2D eigenvalue weighted by atomic mass is 16.6. The third-order valence-electron chi connectivity index (χ3n) is 12.3. The normalized spacial score (nSPS) is 11.9. The van der Waals surface area contributed by atoms with E-state index in [-0.39, 0.29) is 45.6 Å². The van der Waals surface area contributed by atoms with Gasteiger partial charge in [0.25, 0.3) is 0 Å². The Hall–Kier alpha value is -2.75. The summed E-state index contributed by atoms with van der Waals surface area (Å²) in [7, 11) is 1.64. The molecule has 100 heavy (non-hydrogen) atoms. The Morgan fingerprint density at radius 3 is 0.630 bits per heavy atom. The van der Waals surface area contributed by atoms with Crippen LogP contribution in [0.25, 0.3) is 0 Å². The number of aliphatic carboxylic acids is 1. The van der Waals surface area contributed by atoms with E-state index in [0.717, 1.165) is 0 Å². The second-order valence-corrected chi connectivity index (χ2v) is 20.4. The number of rotatable bonds is 91. The lowest BCUT2D eigenvalue weighted by Crippen LogP contribution is -2.47. The molecule has 0 rings (SSSR count). The van der Waals surface area contributed by atoms with E-state index in [9.17, 15) is 14.4 Å². The zero-order valence-corrected chi connectivity index (χ0v) is 60.2. The molecule has 0 aliphatic rings. The lowest BCUT2D eigenvalue weighted by Gasteiger charge is -2.18. The van der Waals surface area contributed by atoms with Crippen LogP contribution in [0.3, 0.4) is 0 Å². The summed E-state index contributed by atoms with van der Waals surface area (Å²) in [4.78, 5) is 36.3. The number of nitrogens with one attached hydrogen (secondary N) is 2. The smallest absolute Gasteiger partial charge is 0.303 e. The predicted octanol–water partition coefficient (Wildman–Crippen LogP) is -1.10. The zero-order valence-electron chi connectivity index (χ0n) is 60.2. The van der Waals surface area contributed by atoms with E-state index < -0.39 is 23.8 Å². The number of carboxylic acids is 1. The molecule has 0 saturated carbocycles. The quantitative estimate of drug-likeness (QED) is 0.0525. The maximum absolute atomic E-state index is 12.7. The number of ether oxygens (including phenoxy) is 28. The number of carboxylic acid groups (broad SMARTS) is 1. The van der Waals surface area contributed by atoms with Gasteiger partial charge in [-0.25, -0.2) is 0 Å². The molecule has 1 atom stereocenters. The molecule has 0 aromatic heterocycles. The molecule has 0 aromatic carbocycles. The first kappa shape index (κ1) is 97.2. The molecular weight excluding hydrogens is 1330 g/mol. The molecule has 1 unspecified atom stereocenters. The van der Waals surface area contributed by atoms with Crippen molar-refractivity contribution in [1.29, 1.82) is 0 Å². The van der Waals surface area contributed by atoms with Crippen LogP contribution >= 0.6 is 0 Å². The summed E-state index contributed by atoms with van der Waals surface area (Å²) in [6.07, 6.45) is -0.363. The molecule has 0 aliphatic heterocycles. The van der Waals surface area contributed by atoms with Gasteiger partial charge in [-0.2, -0.15) is 0 Å². The van der Waals surface area contributed by atoms with Gasteiger partial charge in [0.2, 0.25) is 11.8 Å². The van der Waals surface area contributed by atoms with Crippen LogP contribution in [0.1, 0.15) is 19.3 Å². The average Bonchev–Trinajstić information content (AvgIpc) is 1.02. The SMILES string of the molecule is COCCOCCOCCOCCOCCOCCOCCOCCOCCOCCOCCOCCOCCOCCOCCOCCOCCOCCOCCOCCOCCOCCOCCOCCNC(=O)C(CCC(=O)O)NC(=O)CCOCCOCCOCCOCCN. The van der Waals surface area contributed by atoms with E-state index in [1.165, 1.54) is 0 Å². The molecule has 0 saturated heterocycles. The van der Waals surface area contributed by atoms with Gasteiger partial charge in [-0.05, 0) is 6.42 Å². The first-order valence-electron chi connectivity index (χ1n) is 35.1. The molecule has 0 aliphatic carbocycles. The molecule has 35 nitrogen and oxygen atoms in total. The highest BCUT2D eigenvalue weighted by Gasteiger charge is 2.21. The van der Waals surface area contributed by atoms with Crippen molar-refractivity contribution in [1.82, 2.24) is 10.6 Å². The molecule has 0 aromatic rings. The Morgan fingerprint density at radius 1 is 0.260 bits per heavy atom. The van der Waals surface area contributed by atoms with Crippen molar-refractivity contribution in [2.24, 2.45) is 5.73 Å². The topological polar surface area (TPSA) is 380 Å². The van der Waals surface area contributed by atoms with Crippen LogP contribution in [0.5, 0.6) is 0 Å². The van der Waals surface area contributed by atoms with Crippen molar-refractivity contribution in [2.75, 3.05) is 384 Å². The molecular formula is C65H129N3O32. The molecule has 596 valence electrons. The summed E-state index contributed by atoms with van der Waals surface area (Å²) < 4.78 is 153. The number of hydrogen-bond donors (Lipinski definition) is 4. The minimum absolute atomic E-state index is 0.00727. The Balaban J connectivity index is 3.28. The summed E-state index contributed by atoms with van der Waals surface area (Å²) in [5.41, 5.74) is 5.35. The van der Waals surface area contributed by atoms with E-state index in [0.29, 0.717) is 350 Å². The fourth-order valence-corrected chi connectivity index (χ4v) is 7.27. The Morgan fingerprint density at radius 2 is 0.440 bits per heavy atom. The van der Waals surface area contributed by atoms with Crippen molar-refractivity contribution in [3.05, 3.63) is 0 Å². The first-order chi connectivity index (χ1) is 49.5. The van der Waals surface area contributed by atoms with Crippen molar-refractivity contribution in [3.8, 4) is 0 Å². The summed E-state index contributed by atoms with van der Waals surface area (Å²) in [6, 6.07) is -1.02. The molecule has 0 fully saturated rings. The minimum atomic E-state index is -1.08. The molecule has 2 amide bonds. The largest absolute Gasteiger partial charge is 0.481 e. The van der Waals surface area contributed by atoms with Gasteiger partial charge in [0.1, 0.15) is 6.04 Å². The minimum Gasteiger partial charge on any atom is -0.481 e. The number of nitrogens with two attached hydrogens (primary N) is 1. The molecule has 0 spiro atoms. The van der Waals surface area contributed by atoms with Crippen LogP contribution < -0.4 is 16.4 Å². The van der Waals surface area contributed by atoms with Crippen LogP contribution in [-0.2, 0) is 147 Å². The van der Waals surface area contributed by atoms with Crippen molar-refractivity contribution >= 4 is 17.8 Å². The van der Waals surface area contributed by atoms with Crippen LogP contribution in [-0.4, -0.2) is 413 Å². The summed E-state index contributed by atoms with van der Waals surface area (Å²) in [5.74, 6) is -2.02. The van der Waals surface area contributed by atoms with E-state index in [1.54, 1.807) is 7.11 Å². The van der Waals surface area contributed by atoms with E-state index in [2.05, 4.69) is 10.6 Å². The maximum atomic E-state index is 12.7. The fourth-order valence-electron chi connectivity index (χ4n) is 7.27. The van der Waals surface area contributed by atoms with Crippen LogP contribution in [0.4, 0.5) is 0 Å². The third-order valence-corrected chi connectivity index (χ3v) is 12.3. The van der Waals surface area contributed by atoms with Gasteiger partial charge < -0.3 is 154 Å². The van der Waals surface area contributed by atoms with Crippen LogP contribution in [0, 0.1) is 0 Å². The first-order valence-corrected chi connectivity index (χ1v) is 35.1. The van der Waals surface area contributed by atoms with Gasteiger partial charge in [0.15, 0.2) is 0 Å². The van der Waals surface area contributed by atoms with Gasteiger partial charge in [-0.15, -0.1) is 0 Å². The molecule has 0 bridgehead atoms. The van der Waals surface area contributed by atoms with Crippen molar-refractivity contribution in [3.63, 3.8) is 0 Å². The van der Waals surface area contributed by atoms with Gasteiger partial charge in [0.05, 0.1) is 363 Å². The molecule has 0 radical (unpaired) electrons. The lowest BCUT2D eigenvalue weighted by molar-refractivity contribution is -0.138. The fraction of sp³-hybridized carbons (Fsp3) is 0.954. The monoisotopic (exact) mass is 1460 g/mol. The Kier molecular flexibility index (Phi) is 86.2. The standard InChI is InChI=1S/C65H129N3O32/c1-73-10-11-77-18-19-81-24-25-83-28-29-85-32-33-87-36-37-89-40-41-91-44-45-93-48-49-95-52-53-97-56-57-99-60-61-100-59-58-98-55-54-96-51-50-94-47-46-92-43-42-90-39-38-88-35-34-86-31-30-84-27-26-82-23-22-80-17-14-76-9-6-67-65(72)62(2-3-64(70)71)68-63(69)4-7-74-12-15-78-20-21-79-16-13-75-8-5-66/h62H,2-61,66H2,1H3,(H,67,72)(H,68,69)(H,70,71). The van der Waals surface area contributed by atoms with Crippen molar-refractivity contribution in [2.45, 2.75) is 25.3 Å². The number of carbonyl (C=O) groups is 3. The zero-order chi connectivity index (χ0) is 71.9. The van der Waals surface area contributed by atoms with Gasteiger partial charge in [-0.3, -0.25) is 14.4 Å². The second kappa shape index (κ2) is 88.6. The number of carbonyl (C=O) groups excluding carboxylic acids is 2. The predicted molar refractivity (Wildman–Crippen MR) is 359 cm³/mol. The highest BCUT2D eigenvalue weighted by molar-refractivity contribution is 5.88. The highest BCUT2D eigenvalue weighted by Crippen LogP contribution is 2.01. The van der Waals surface area contributed by atoms with E-state index >= 15 is 0 Å². The van der Waals surface area contributed by atoms with E-state index in [4.69, 9.17) is 143 Å². The molecule has 0 heterocycles. The summed E-state index contributed by atoms with van der Waals surface area (Å²) >= 11 is 0. The second-order valence-electron chi connectivity index (χ2n) is 20.4. The maximum Gasteiger partial charge on any atom is 0.303 e. The van der Waals surface area contributed by atoms with Gasteiger partial charge >= 0.3 is 5.97 Å². The summed E-state index contributed by atoms with van der Waals surface area (Å²) in [6.45, 7) is 25.3. The van der Waals surface area contributed by atoms with Gasteiger partial charge in [-0.1, -0.05) is 0 Å². The number of amides is 2. The van der Waals surface area contributed by atoms with Gasteiger partial charge in [0, 0.05) is 33.0 Å². The summed E-state index contributed by atoms with van der Waals surface area (Å²) in [5, 5.41) is 14.4. The average molecular weight is 1460 g/mol. The number of methoxy groups -OCH3 is 1. The third kappa shape index (κ3) is 85.9. The Labute approximate surface area is 593 Å². The van der Waals surface area contributed by atoms with Crippen LogP contribution in [0.15, 0.2) is 0 Å². The molecule has 35 heteroatoms. The van der Waals surface area contributed by atoms with E-state index in [1.807, 2.05) is 0 Å². The molecule has 5 N–H and O–H groups in total. The number of hydrogen-bond acceptors (Lipinski definition) is 32. The Bertz CT molecular complexity index is 1600. The van der Waals surface area contributed by atoms with Crippen LogP contribution in [0.2, 0.25) is 0 Å².